The summed E-state index contributed by atoms with van der Waals surface area (Å²) in [6.45, 7) is 4.58. The monoisotopic (exact) mass is 423 g/mol. The Balaban J connectivity index is 2.24. The molecule has 0 aliphatic carbocycles. The van der Waals surface area contributed by atoms with Gasteiger partial charge in [-0.05, 0) is 36.6 Å². The SMILES string of the molecule is CCCCOc1ccc(/C=C2\SC(=S)N([C@H](CCC)C(=O)O)C2=O)cc1OC. The van der Waals surface area contributed by atoms with Crippen molar-refractivity contribution in [2.24, 2.45) is 0 Å². The van der Waals surface area contributed by atoms with Gasteiger partial charge in [-0.2, -0.15) is 0 Å². The van der Waals surface area contributed by atoms with Gasteiger partial charge < -0.3 is 14.6 Å². The van der Waals surface area contributed by atoms with Gasteiger partial charge in [0.05, 0.1) is 18.6 Å². The van der Waals surface area contributed by atoms with Crippen LogP contribution in [0, 0.1) is 0 Å². The average Bonchev–Trinajstić information content (AvgIpc) is 2.94. The first-order valence-corrected chi connectivity index (χ1v) is 10.5. The van der Waals surface area contributed by atoms with Crippen LogP contribution in [0.15, 0.2) is 23.1 Å². The molecule has 0 bridgehead atoms. The van der Waals surface area contributed by atoms with Gasteiger partial charge in [0.25, 0.3) is 5.91 Å². The molecule has 1 heterocycles. The molecule has 0 unspecified atom stereocenters. The Labute approximate surface area is 174 Å². The van der Waals surface area contributed by atoms with Gasteiger partial charge in [0.2, 0.25) is 0 Å². The molecule has 28 heavy (non-hydrogen) atoms. The molecular weight excluding hydrogens is 398 g/mol. The Kier molecular flexibility index (Phi) is 8.32. The van der Waals surface area contributed by atoms with Gasteiger partial charge in [-0.3, -0.25) is 9.69 Å². The summed E-state index contributed by atoms with van der Waals surface area (Å²) in [6.07, 6.45) is 4.69. The third-order valence-electron chi connectivity index (χ3n) is 4.22. The lowest BCUT2D eigenvalue weighted by Crippen LogP contribution is -2.43. The molecular formula is C20H25NO5S2. The van der Waals surface area contributed by atoms with Gasteiger partial charge >= 0.3 is 5.97 Å². The molecule has 152 valence electrons. The number of benzene rings is 1. The predicted molar refractivity (Wildman–Crippen MR) is 115 cm³/mol. The highest BCUT2D eigenvalue weighted by Gasteiger charge is 2.39. The molecule has 2 rings (SSSR count). The fraction of sp³-hybridized carbons (Fsp3) is 0.450. The van der Waals surface area contributed by atoms with Crippen LogP contribution in [-0.4, -0.2) is 46.0 Å². The summed E-state index contributed by atoms with van der Waals surface area (Å²) >= 11 is 6.38. The van der Waals surface area contributed by atoms with Gasteiger partial charge in [-0.1, -0.05) is 56.7 Å². The number of hydrogen-bond donors (Lipinski definition) is 1. The maximum atomic E-state index is 12.8. The number of aliphatic carboxylic acids is 1. The summed E-state index contributed by atoms with van der Waals surface area (Å²) in [5.74, 6) is -0.197. The number of thiocarbonyl (C=S) groups is 1. The summed E-state index contributed by atoms with van der Waals surface area (Å²) in [7, 11) is 1.56. The van der Waals surface area contributed by atoms with Crippen LogP contribution in [0.25, 0.3) is 6.08 Å². The van der Waals surface area contributed by atoms with Crippen molar-refractivity contribution < 1.29 is 24.2 Å². The molecule has 0 aromatic heterocycles. The zero-order valence-corrected chi connectivity index (χ0v) is 17.9. The van der Waals surface area contributed by atoms with Gasteiger partial charge in [0.1, 0.15) is 10.4 Å². The summed E-state index contributed by atoms with van der Waals surface area (Å²) < 4.78 is 11.4. The number of carbonyl (C=O) groups is 2. The second kappa shape index (κ2) is 10.5. The van der Waals surface area contributed by atoms with Crippen molar-refractivity contribution in [1.29, 1.82) is 0 Å². The minimum absolute atomic E-state index is 0.267. The number of carboxylic acids is 1. The molecule has 1 aliphatic heterocycles. The number of carboxylic acid groups (broad SMARTS) is 1. The minimum Gasteiger partial charge on any atom is -0.493 e. The fourth-order valence-corrected chi connectivity index (χ4v) is 4.11. The molecule has 0 saturated carbocycles. The molecule has 0 radical (unpaired) electrons. The zero-order chi connectivity index (χ0) is 20.7. The first kappa shape index (κ1) is 22.2. The van der Waals surface area contributed by atoms with Gasteiger partial charge in [-0.25, -0.2) is 4.79 Å². The Morgan fingerprint density at radius 2 is 2.07 bits per heavy atom. The Hall–Kier alpha value is -2.06. The molecule has 1 N–H and O–H groups in total. The van der Waals surface area contributed by atoms with E-state index in [4.69, 9.17) is 21.7 Å². The van der Waals surface area contributed by atoms with Crippen LogP contribution < -0.4 is 9.47 Å². The number of hydrogen-bond acceptors (Lipinski definition) is 6. The standard InChI is InChI=1S/C20H25NO5S2/c1-4-6-10-26-15-9-8-13(11-16(15)25-3)12-17-18(22)21(20(27)28-17)14(7-5-2)19(23)24/h8-9,11-12,14H,4-7,10H2,1-3H3,(H,23,24)/b17-12-/t14-/m1/s1. The van der Waals surface area contributed by atoms with Gasteiger partial charge in [-0.15, -0.1) is 0 Å². The van der Waals surface area contributed by atoms with Crippen molar-refractivity contribution in [3.05, 3.63) is 28.7 Å². The summed E-state index contributed by atoms with van der Waals surface area (Å²) in [4.78, 5) is 25.9. The molecule has 1 aromatic rings. The van der Waals surface area contributed by atoms with Crippen molar-refractivity contribution in [2.45, 2.75) is 45.6 Å². The van der Waals surface area contributed by atoms with Crippen LogP contribution >= 0.6 is 24.0 Å². The van der Waals surface area contributed by atoms with E-state index in [1.807, 2.05) is 13.0 Å². The quantitative estimate of drug-likeness (QED) is 0.341. The van der Waals surface area contributed by atoms with E-state index in [1.54, 1.807) is 25.3 Å². The van der Waals surface area contributed by atoms with E-state index in [-0.39, 0.29) is 10.2 Å². The van der Waals surface area contributed by atoms with Crippen LogP contribution in [0.4, 0.5) is 0 Å². The number of ether oxygens (including phenoxy) is 2. The molecule has 1 amide bonds. The largest absolute Gasteiger partial charge is 0.493 e. The number of rotatable bonds is 10. The van der Waals surface area contributed by atoms with Crippen molar-refractivity contribution in [3.63, 3.8) is 0 Å². The minimum atomic E-state index is -1.05. The molecule has 1 fully saturated rings. The third-order valence-corrected chi connectivity index (χ3v) is 5.55. The molecule has 6 nitrogen and oxygen atoms in total. The van der Waals surface area contributed by atoms with E-state index in [0.717, 1.165) is 30.2 Å². The van der Waals surface area contributed by atoms with Crippen molar-refractivity contribution in [2.75, 3.05) is 13.7 Å². The number of carbonyl (C=O) groups excluding carboxylic acids is 1. The van der Waals surface area contributed by atoms with Crippen molar-refractivity contribution >= 4 is 46.3 Å². The van der Waals surface area contributed by atoms with E-state index < -0.39 is 12.0 Å². The molecule has 8 heteroatoms. The maximum absolute atomic E-state index is 12.8. The van der Waals surface area contributed by atoms with Crippen LogP contribution in [-0.2, 0) is 9.59 Å². The first-order valence-electron chi connectivity index (χ1n) is 9.23. The smallest absolute Gasteiger partial charge is 0.326 e. The highest BCUT2D eigenvalue weighted by molar-refractivity contribution is 8.26. The Bertz CT molecular complexity index is 778. The molecule has 1 aliphatic rings. The van der Waals surface area contributed by atoms with Gasteiger partial charge in [0, 0.05) is 0 Å². The highest BCUT2D eigenvalue weighted by Crippen LogP contribution is 2.36. The normalized spacial score (nSPS) is 16.5. The van der Waals surface area contributed by atoms with E-state index in [9.17, 15) is 14.7 Å². The van der Waals surface area contributed by atoms with Crippen LogP contribution in [0.5, 0.6) is 11.5 Å². The average molecular weight is 424 g/mol. The second-order valence-corrected chi connectivity index (χ2v) is 7.98. The molecule has 0 spiro atoms. The van der Waals surface area contributed by atoms with Crippen LogP contribution in [0.2, 0.25) is 0 Å². The fourth-order valence-electron chi connectivity index (χ4n) is 2.76. The molecule has 1 saturated heterocycles. The maximum Gasteiger partial charge on any atom is 0.326 e. The Morgan fingerprint density at radius 3 is 2.68 bits per heavy atom. The lowest BCUT2D eigenvalue weighted by Gasteiger charge is -2.22. The van der Waals surface area contributed by atoms with Gasteiger partial charge in [0.15, 0.2) is 11.5 Å². The Morgan fingerprint density at radius 1 is 1.32 bits per heavy atom. The molecule has 1 atom stereocenters. The number of methoxy groups -OCH3 is 1. The molecule has 1 aromatic carbocycles. The third kappa shape index (κ3) is 5.26. The number of thioether (sulfide) groups is 1. The van der Waals surface area contributed by atoms with Crippen molar-refractivity contribution in [3.8, 4) is 11.5 Å². The summed E-state index contributed by atoms with van der Waals surface area (Å²) in [5, 5.41) is 9.45. The topological polar surface area (TPSA) is 76.1 Å². The van der Waals surface area contributed by atoms with Crippen LogP contribution in [0.1, 0.15) is 45.1 Å². The number of unbranched alkanes of at least 4 members (excludes halogenated alkanes) is 1. The first-order chi connectivity index (χ1) is 13.4. The van der Waals surface area contributed by atoms with E-state index in [0.29, 0.717) is 35.9 Å². The second-order valence-electron chi connectivity index (χ2n) is 6.31. The van der Waals surface area contributed by atoms with Crippen LogP contribution in [0.3, 0.4) is 0 Å². The summed E-state index contributed by atoms with van der Waals surface area (Å²) in [5.41, 5.74) is 0.752. The number of nitrogens with zero attached hydrogens (tertiary/aromatic N) is 1. The lowest BCUT2D eigenvalue weighted by molar-refractivity contribution is -0.145. The summed E-state index contributed by atoms with van der Waals surface area (Å²) in [6, 6.07) is 4.48. The predicted octanol–water partition coefficient (Wildman–Crippen LogP) is 4.33. The number of amides is 1. The van der Waals surface area contributed by atoms with E-state index in [1.165, 1.54) is 4.90 Å². The van der Waals surface area contributed by atoms with Crippen molar-refractivity contribution in [1.82, 2.24) is 4.90 Å². The van der Waals surface area contributed by atoms with E-state index >= 15 is 0 Å². The lowest BCUT2D eigenvalue weighted by atomic mass is 10.1. The van der Waals surface area contributed by atoms with E-state index in [2.05, 4.69) is 6.92 Å². The highest BCUT2D eigenvalue weighted by atomic mass is 32.2. The zero-order valence-electron chi connectivity index (χ0n) is 16.3.